The van der Waals surface area contributed by atoms with Crippen LogP contribution in [0.3, 0.4) is 0 Å². The molecule has 1 N–H and O–H groups in total. The lowest BCUT2D eigenvalue weighted by molar-refractivity contribution is 0.784. The van der Waals surface area contributed by atoms with E-state index in [1.54, 1.807) is 17.4 Å². The monoisotopic (exact) mass is 258 g/mol. The number of nitriles is 1. The summed E-state index contributed by atoms with van der Waals surface area (Å²) in [4.78, 5) is 9.74. The maximum atomic E-state index is 8.86. The molecule has 2 aromatic heterocycles. The zero-order chi connectivity index (χ0) is 13.0. The Balaban J connectivity index is 2.05. The highest BCUT2D eigenvalue weighted by atomic mass is 32.1. The third kappa shape index (κ3) is 3.28. The molecule has 2 rings (SSSR count). The first kappa shape index (κ1) is 12.5. The molecular formula is C13H14N4S. The zero-order valence-electron chi connectivity index (χ0n) is 10.3. The van der Waals surface area contributed by atoms with Gasteiger partial charge in [0.15, 0.2) is 0 Å². The second kappa shape index (κ2) is 5.61. The summed E-state index contributed by atoms with van der Waals surface area (Å²) in [6.45, 7) is 3.94. The summed E-state index contributed by atoms with van der Waals surface area (Å²) >= 11 is 1.74. The Bertz CT molecular complexity index is 557. The zero-order valence-corrected chi connectivity index (χ0v) is 11.2. The van der Waals surface area contributed by atoms with Gasteiger partial charge in [0.25, 0.3) is 0 Å². The van der Waals surface area contributed by atoms with Crippen LogP contribution in [0.25, 0.3) is 0 Å². The average Bonchev–Trinajstić information content (AvgIpc) is 2.80. The van der Waals surface area contributed by atoms with Gasteiger partial charge in [0.1, 0.15) is 11.8 Å². The summed E-state index contributed by atoms with van der Waals surface area (Å²) < 4.78 is 0. The predicted molar refractivity (Wildman–Crippen MR) is 72.6 cm³/mol. The van der Waals surface area contributed by atoms with Crippen LogP contribution >= 0.6 is 11.3 Å². The van der Waals surface area contributed by atoms with Crippen molar-refractivity contribution in [3.8, 4) is 6.07 Å². The van der Waals surface area contributed by atoms with Gasteiger partial charge in [-0.2, -0.15) is 5.26 Å². The van der Waals surface area contributed by atoms with Crippen LogP contribution in [0.2, 0.25) is 0 Å². The van der Waals surface area contributed by atoms with E-state index in [0.29, 0.717) is 11.6 Å². The van der Waals surface area contributed by atoms with E-state index >= 15 is 0 Å². The Kier molecular flexibility index (Phi) is 3.90. The average molecular weight is 258 g/mol. The molecule has 2 heterocycles. The van der Waals surface area contributed by atoms with E-state index in [0.717, 1.165) is 12.1 Å². The molecule has 1 atom stereocenters. The van der Waals surface area contributed by atoms with Gasteiger partial charge in [0.2, 0.25) is 5.95 Å². The van der Waals surface area contributed by atoms with Gasteiger partial charge in [-0.15, -0.1) is 11.3 Å². The molecule has 0 aliphatic heterocycles. The molecule has 0 bridgehead atoms. The van der Waals surface area contributed by atoms with Crippen molar-refractivity contribution < 1.29 is 0 Å². The third-order valence-electron chi connectivity index (χ3n) is 2.43. The summed E-state index contributed by atoms with van der Waals surface area (Å²) in [6, 6.07) is 8.10. The van der Waals surface area contributed by atoms with E-state index in [1.165, 1.54) is 4.88 Å². The lowest BCUT2D eigenvalue weighted by Gasteiger charge is -2.13. The third-order valence-corrected chi connectivity index (χ3v) is 3.33. The molecule has 4 nitrogen and oxygen atoms in total. The summed E-state index contributed by atoms with van der Waals surface area (Å²) in [5, 5.41) is 14.2. The van der Waals surface area contributed by atoms with Crippen molar-refractivity contribution in [2.45, 2.75) is 26.3 Å². The van der Waals surface area contributed by atoms with Crippen LogP contribution in [-0.4, -0.2) is 16.0 Å². The van der Waals surface area contributed by atoms with E-state index in [1.807, 2.05) is 19.1 Å². The molecule has 0 aliphatic rings. The van der Waals surface area contributed by atoms with Crippen LogP contribution < -0.4 is 5.32 Å². The van der Waals surface area contributed by atoms with Crippen LogP contribution in [0.15, 0.2) is 23.6 Å². The van der Waals surface area contributed by atoms with Crippen LogP contribution in [0, 0.1) is 18.3 Å². The summed E-state index contributed by atoms with van der Waals surface area (Å²) in [7, 11) is 0. The van der Waals surface area contributed by atoms with Crippen molar-refractivity contribution in [1.82, 2.24) is 9.97 Å². The van der Waals surface area contributed by atoms with Gasteiger partial charge in [-0.05, 0) is 31.4 Å². The number of aromatic nitrogens is 2. The van der Waals surface area contributed by atoms with E-state index in [9.17, 15) is 0 Å². The number of hydrogen-bond acceptors (Lipinski definition) is 5. The van der Waals surface area contributed by atoms with Crippen LogP contribution in [-0.2, 0) is 6.42 Å². The van der Waals surface area contributed by atoms with Crippen molar-refractivity contribution in [1.29, 1.82) is 5.26 Å². The quantitative estimate of drug-likeness (QED) is 0.916. The highest BCUT2D eigenvalue weighted by molar-refractivity contribution is 7.09. The Morgan fingerprint density at radius 3 is 3.00 bits per heavy atom. The molecule has 0 amide bonds. The van der Waals surface area contributed by atoms with Gasteiger partial charge in [-0.1, -0.05) is 6.07 Å². The van der Waals surface area contributed by atoms with Crippen LogP contribution in [0.5, 0.6) is 0 Å². The van der Waals surface area contributed by atoms with Gasteiger partial charge in [-0.25, -0.2) is 9.97 Å². The minimum Gasteiger partial charge on any atom is -0.351 e. The maximum Gasteiger partial charge on any atom is 0.224 e. The number of thiophene rings is 1. The highest BCUT2D eigenvalue weighted by Crippen LogP contribution is 2.13. The fourth-order valence-electron chi connectivity index (χ4n) is 1.69. The molecule has 0 fully saturated rings. The first-order valence-corrected chi connectivity index (χ1v) is 6.60. The standard InChI is InChI=1S/C13H14N4S/c1-9-6-11(8-14)17-13(15-9)16-10(2)7-12-4-3-5-18-12/h3-6,10H,7H2,1-2H3,(H,15,16,17). The molecule has 18 heavy (non-hydrogen) atoms. The molecule has 0 aliphatic carbocycles. The molecule has 5 heteroatoms. The number of nitrogens with zero attached hydrogens (tertiary/aromatic N) is 3. The fourth-order valence-corrected chi connectivity index (χ4v) is 2.53. The lowest BCUT2D eigenvalue weighted by atomic mass is 10.2. The molecule has 0 aromatic carbocycles. The summed E-state index contributed by atoms with van der Waals surface area (Å²) in [6.07, 6.45) is 0.927. The SMILES string of the molecule is Cc1cc(C#N)nc(NC(C)Cc2cccs2)n1. The van der Waals surface area contributed by atoms with Crippen LogP contribution in [0.4, 0.5) is 5.95 Å². The molecule has 0 radical (unpaired) electrons. The minimum atomic E-state index is 0.233. The van der Waals surface area contributed by atoms with Crippen molar-refractivity contribution in [3.63, 3.8) is 0 Å². The smallest absolute Gasteiger partial charge is 0.224 e. The fraction of sp³-hybridized carbons (Fsp3) is 0.308. The number of aryl methyl sites for hydroxylation is 1. The van der Waals surface area contributed by atoms with Crippen LogP contribution in [0.1, 0.15) is 23.2 Å². The second-order valence-electron chi connectivity index (χ2n) is 4.16. The maximum absolute atomic E-state index is 8.86. The van der Waals surface area contributed by atoms with E-state index in [-0.39, 0.29) is 6.04 Å². The summed E-state index contributed by atoms with van der Waals surface area (Å²) in [5.74, 6) is 0.524. The van der Waals surface area contributed by atoms with E-state index in [4.69, 9.17) is 5.26 Å². The van der Waals surface area contributed by atoms with Crippen molar-refractivity contribution in [2.24, 2.45) is 0 Å². The molecule has 92 valence electrons. The second-order valence-corrected chi connectivity index (χ2v) is 5.19. The van der Waals surface area contributed by atoms with Crippen molar-refractivity contribution >= 4 is 17.3 Å². The van der Waals surface area contributed by atoms with Gasteiger partial charge >= 0.3 is 0 Å². The number of anilines is 1. The Morgan fingerprint density at radius 1 is 1.50 bits per heavy atom. The Labute approximate surface area is 110 Å². The predicted octanol–water partition coefficient (Wildman–Crippen LogP) is 2.76. The van der Waals surface area contributed by atoms with Gasteiger partial charge in [-0.3, -0.25) is 0 Å². The molecule has 1 unspecified atom stereocenters. The lowest BCUT2D eigenvalue weighted by Crippen LogP contribution is -2.19. The van der Waals surface area contributed by atoms with Gasteiger partial charge in [0, 0.05) is 23.0 Å². The Morgan fingerprint density at radius 2 is 2.33 bits per heavy atom. The number of rotatable bonds is 4. The van der Waals surface area contributed by atoms with Crippen molar-refractivity contribution in [2.75, 3.05) is 5.32 Å². The highest BCUT2D eigenvalue weighted by Gasteiger charge is 2.07. The molecule has 0 spiro atoms. The minimum absolute atomic E-state index is 0.233. The van der Waals surface area contributed by atoms with Gasteiger partial charge < -0.3 is 5.32 Å². The summed E-state index contributed by atoms with van der Waals surface area (Å²) in [5.41, 5.74) is 1.20. The van der Waals surface area contributed by atoms with E-state index < -0.39 is 0 Å². The number of hydrogen-bond donors (Lipinski definition) is 1. The topological polar surface area (TPSA) is 61.6 Å². The molecule has 0 saturated heterocycles. The largest absolute Gasteiger partial charge is 0.351 e. The normalized spacial score (nSPS) is 11.8. The van der Waals surface area contributed by atoms with Gasteiger partial charge in [0.05, 0.1) is 0 Å². The molecule has 2 aromatic rings. The first-order chi connectivity index (χ1) is 8.67. The van der Waals surface area contributed by atoms with Crippen molar-refractivity contribution in [3.05, 3.63) is 39.8 Å². The van der Waals surface area contributed by atoms with E-state index in [2.05, 4.69) is 33.7 Å². The molecule has 0 saturated carbocycles. The Hall–Kier alpha value is -1.93. The first-order valence-electron chi connectivity index (χ1n) is 5.72. The number of nitrogens with one attached hydrogen (secondary N) is 1. The molecular weight excluding hydrogens is 244 g/mol.